The molecule has 4 rings (SSSR count). The fraction of sp³-hybridized carbons (Fsp3) is 0.632. The summed E-state index contributed by atoms with van der Waals surface area (Å²) in [6, 6.07) is 3.77. The Labute approximate surface area is 141 Å². The maximum absolute atomic E-state index is 12.4. The molecule has 0 unspecified atom stereocenters. The lowest BCUT2D eigenvalue weighted by Crippen LogP contribution is -2.42. The van der Waals surface area contributed by atoms with Crippen molar-refractivity contribution in [3.63, 3.8) is 0 Å². The first-order valence-corrected chi connectivity index (χ1v) is 8.85. The van der Waals surface area contributed by atoms with Crippen molar-refractivity contribution >= 4 is 11.5 Å². The van der Waals surface area contributed by atoms with Crippen LogP contribution in [0.25, 0.3) is 0 Å². The number of hydrogen-bond donors (Lipinski definition) is 0. The molecule has 0 bridgehead atoms. The number of ether oxygens (including phenoxy) is 1. The highest BCUT2D eigenvalue weighted by Crippen LogP contribution is 2.60. The highest BCUT2D eigenvalue weighted by molar-refractivity contribution is 5.87. The third kappa shape index (κ3) is 1.96. The van der Waals surface area contributed by atoms with E-state index in [1.54, 1.807) is 6.07 Å². The lowest BCUT2D eigenvalue weighted by Gasteiger charge is -2.48. The molecule has 0 aliphatic heterocycles. The van der Waals surface area contributed by atoms with Crippen molar-refractivity contribution in [2.24, 2.45) is 17.3 Å². The first-order valence-electron chi connectivity index (χ1n) is 8.85. The van der Waals surface area contributed by atoms with Crippen LogP contribution in [0.15, 0.2) is 12.1 Å². The fourth-order valence-electron chi connectivity index (χ4n) is 5.76. The first-order chi connectivity index (χ1) is 11.5. The second kappa shape index (κ2) is 5.30. The molecule has 2 fully saturated rings. The summed E-state index contributed by atoms with van der Waals surface area (Å²) in [5, 5.41) is 11.6. The van der Waals surface area contributed by atoms with Crippen molar-refractivity contribution in [2.45, 2.75) is 51.4 Å². The lowest BCUT2D eigenvalue weighted by molar-refractivity contribution is -0.386. The quantitative estimate of drug-likeness (QED) is 0.607. The van der Waals surface area contributed by atoms with Crippen LogP contribution in [0, 0.1) is 27.4 Å². The highest BCUT2D eigenvalue weighted by atomic mass is 16.6. The van der Waals surface area contributed by atoms with Gasteiger partial charge in [0, 0.05) is 17.4 Å². The van der Waals surface area contributed by atoms with Crippen LogP contribution in [0.4, 0.5) is 5.69 Å². The number of hydrogen-bond acceptors (Lipinski definition) is 4. The Bertz CT molecular complexity index is 728. The monoisotopic (exact) mass is 329 g/mol. The second-order valence-electron chi connectivity index (χ2n) is 7.77. The van der Waals surface area contributed by atoms with E-state index in [0.29, 0.717) is 42.1 Å². The minimum Gasteiger partial charge on any atom is -0.490 e. The first kappa shape index (κ1) is 15.6. The van der Waals surface area contributed by atoms with Gasteiger partial charge in [-0.1, -0.05) is 13.0 Å². The molecule has 0 heterocycles. The number of nitrogens with zero attached hydrogens (tertiary/aromatic N) is 1. The summed E-state index contributed by atoms with van der Waals surface area (Å²) in [6.07, 6.45) is 5.23. The number of fused-ring (bicyclic) bond motifs is 5. The van der Waals surface area contributed by atoms with Crippen LogP contribution in [-0.4, -0.2) is 17.8 Å². The molecule has 5 nitrogen and oxygen atoms in total. The van der Waals surface area contributed by atoms with Gasteiger partial charge in [-0.15, -0.1) is 0 Å². The molecule has 0 radical (unpaired) electrons. The van der Waals surface area contributed by atoms with E-state index in [1.165, 1.54) is 7.11 Å². The van der Waals surface area contributed by atoms with E-state index < -0.39 is 0 Å². The predicted molar refractivity (Wildman–Crippen MR) is 89.3 cm³/mol. The van der Waals surface area contributed by atoms with E-state index in [2.05, 4.69) is 6.92 Å². The van der Waals surface area contributed by atoms with Crippen LogP contribution in [0.5, 0.6) is 5.75 Å². The van der Waals surface area contributed by atoms with Crippen LogP contribution in [0.3, 0.4) is 0 Å². The van der Waals surface area contributed by atoms with Crippen molar-refractivity contribution < 1.29 is 14.5 Å². The molecule has 3 aliphatic carbocycles. The van der Waals surface area contributed by atoms with Crippen LogP contribution < -0.4 is 4.74 Å². The third-order valence-corrected chi connectivity index (χ3v) is 6.96. The topological polar surface area (TPSA) is 69.4 Å². The SMILES string of the molecule is COc1ccc2c(c1[N+](=O)[O-])CC[C@H]1[C@H]3CCC(=O)[C@]3(C)CC[C@@H]21. The number of ketones is 1. The Hall–Kier alpha value is -1.91. The maximum Gasteiger partial charge on any atom is 0.314 e. The Balaban J connectivity index is 1.77. The average molecular weight is 329 g/mol. The van der Waals surface area contributed by atoms with Gasteiger partial charge in [-0.2, -0.15) is 0 Å². The van der Waals surface area contributed by atoms with Gasteiger partial charge in [-0.05, 0) is 61.5 Å². The minimum absolute atomic E-state index is 0.143. The smallest absolute Gasteiger partial charge is 0.314 e. The van der Waals surface area contributed by atoms with E-state index in [9.17, 15) is 14.9 Å². The van der Waals surface area contributed by atoms with E-state index in [0.717, 1.165) is 36.8 Å². The largest absolute Gasteiger partial charge is 0.490 e. The van der Waals surface area contributed by atoms with E-state index >= 15 is 0 Å². The molecule has 2 saturated carbocycles. The molecule has 24 heavy (non-hydrogen) atoms. The molecular weight excluding hydrogens is 306 g/mol. The number of nitro benzene ring substituents is 1. The van der Waals surface area contributed by atoms with Crippen LogP contribution in [-0.2, 0) is 11.2 Å². The summed E-state index contributed by atoms with van der Waals surface area (Å²) in [4.78, 5) is 23.6. The van der Waals surface area contributed by atoms with Gasteiger partial charge in [-0.3, -0.25) is 14.9 Å². The number of nitro groups is 1. The molecule has 3 aliphatic rings. The van der Waals surface area contributed by atoms with Gasteiger partial charge < -0.3 is 4.74 Å². The number of rotatable bonds is 2. The standard InChI is InChI=1S/C19H23NO4/c1-19-10-9-12-11-5-7-16(24-2)18(20(22)23)14(11)4-3-13(12)15(19)6-8-17(19)21/h5,7,12-13,15H,3-4,6,8-10H2,1-2H3/t12-,13+,15+,19+/m0/s1. The van der Waals surface area contributed by atoms with Crippen LogP contribution in [0.1, 0.15) is 56.1 Å². The molecule has 1 aromatic carbocycles. The summed E-state index contributed by atoms with van der Waals surface area (Å²) >= 11 is 0. The highest BCUT2D eigenvalue weighted by Gasteiger charge is 2.55. The van der Waals surface area contributed by atoms with Gasteiger partial charge in [0.1, 0.15) is 5.78 Å². The molecule has 4 atom stereocenters. The lowest BCUT2D eigenvalue weighted by atomic mass is 9.55. The Morgan fingerprint density at radius 1 is 1.25 bits per heavy atom. The van der Waals surface area contributed by atoms with Crippen molar-refractivity contribution in [1.82, 2.24) is 0 Å². The predicted octanol–water partition coefficient (Wildman–Crippen LogP) is 4.03. The molecule has 0 amide bonds. The van der Waals surface area contributed by atoms with Gasteiger partial charge in [0.25, 0.3) is 0 Å². The summed E-state index contributed by atoms with van der Waals surface area (Å²) < 4.78 is 5.22. The number of Topliss-reactive ketones (excluding diaryl/α,β-unsaturated/α-hetero) is 1. The Morgan fingerprint density at radius 2 is 2.04 bits per heavy atom. The Morgan fingerprint density at radius 3 is 2.75 bits per heavy atom. The van der Waals surface area contributed by atoms with Crippen molar-refractivity contribution in [3.05, 3.63) is 33.4 Å². The maximum atomic E-state index is 12.4. The zero-order valence-electron chi connectivity index (χ0n) is 14.2. The summed E-state index contributed by atoms with van der Waals surface area (Å²) in [5.74, 6) is 2.06. The number of benzene rings is 1. The number of carbonyl (C=O) groups excluding carboxylic acids is 1. The number of carbonyl (C=O) groups is 1. The third-order valence-electron chi connectivity index (χ3n) is 6.96. The summed E-state index contributed by atoms with van der Waals surface area (Å²) in [6.45, 7) is 2.15. The molecule has 0 spiro atoms. The Kier molecular flexibility index (Phi) is 3.44. The molecular formula is C19H23NO4. The molecule has 0 saturated heterocycles. The second-order valence-corrected chi connectivity index (χ2v) is 7.77. The molecule has 1 aromatic rings. The molecule has 5 heteroatoms. The van der Waals surface area contributed by atoms with E-state index in [-0.39, 0.29) is 16.0 Å². The number of methoxy groups -OCH3 is 1. The van der Waals surface area contributed by atoms with Gasteiger partial charge in [0.05, 0.1) is 12.0 Å². The van der Waals surface area contributed by atoms with E-state index in [4.69, 9.17) is 4.74 Å². The zero-order valence-corrected chi connectivity index (χ0v) is 14.2. The van der Waals surface area contributed by atoms with Gasteiger partial charge >= 0.3 is 5.69 Å². The molecule has 128 valence electrons. The van der Waals surface area contributed by atoms with Crippen molar-refractivity contribution in [1.29, 1.82) is 0 Å². The van der Waals surface area contributed by atoms with Gasteiger partial charge in [-0.25, -0.2) is 0 Å². The van der Waals surface area contributed by atoms with Crippen LogP contribution in [0.2, 0.25) is 0 Å². The van der Waals surface area contributed by atoms with Crippen LogP contribution >= 0.6 is 0 Å². The zero-order chi connectivity index (χ0) is 17.1. The van der Waals surface area contributed by atoms with Gasteiger partial charge in [0.2, 0.25) is 0 Å². The molecule has 0 aromatic heterocycles. The normalized spacial score (nSPS) is 34.2. The summed E-state index contributed by atoms with van der Waals surface area (Å²) in [7, 11) is 1.48. The van der Waals surface area contributed by atoms with Crippen molar-refractivity contribution in [3.8, 4) is 5.75 Å². The van der Waals surface area contributed by atoms with Gasteiger partial charge in [0.15, 0.2) is 5.75 Å². The average Bonchev–Trinajstić information content (AvgIpc) is 2.88. The minimum atomic E-state index is -0.302. The fourth-order valence-corrected chi connectivity index (χ4v) is 5.76. The molecule has 0 N–H and O–H groups in total. The van der Waals surface area contributed by atoms with E-state index in [1.807, 2.05) is 6.07 Å². The summed E-state index contributed by atoms with van der Waals surface area (Å²) in [5.41, 5.74) is 1.97. The van der Waals surface area contributed by atoms with Crippen molar-refractivity contribution in [2.75, 3.05) is 7.11 Å².